The van der Waals surface area contributed by atoms with E-state index in [1.54, 1.807) is 7.11 Å². The van der Waals surface area contributed by atoms with Crippen molar-refractivity contribution in [1.82, 2.24) is 4.90 Å². The van der Waals surface area contributed by atoms with Crippen LogP contribution in [-0.2, 0) is 9.53 Å². The highest BCUT2D eigenvalue weighted by atomic mass is 16.5. The SMILES string of the molecule is CO[C@@H]1CCN(C(C)(C)C)C1=O. The third-order valence-corrected chi connectivity index (χ3v) is 2.25. The van der Waals surface area contributed by atoms with Gasteiger partial charge in [-0.2, -0.15) is 0 Å². The van der Waals surface area contributed by atoms with E-state index in [0.29, 0.717) is 0 Å². The van der Waals surface area contributed by atoms with E-state index in [1.807, 2.05) is 25.7 Å². The number of carbonyl (C=O) groups is 1. The molecule has 1 aliphatic heterocycles. The molecular formula is C9H17NO2. The summed E-state index contributed by atoms with van der Waals surface area (Å²) in [5.74, 6) is 0.130. The molecule has 1 fully saturated rings. The van der Waals surface area contributed by atoms with Gasteiger partial charge in [0.15, 0.2) is 0 Å². The lowest BCUT2D eigenvalue weighted by Gasteiger charge is -2.31. The van der Waals surface area contributed by atoms with Crippen LogP contribution in [0, 0.1) is 0 Å². The molecule has 0 aliphatic carbocycles. The van der Waals surface area contributed by atoms with Crippen molar-refractivity contribution in [2.24, 2.45) is 0 Å². The molecule has 0 aromatic rings. The van der Waals surface area contributed by atoms with Gasteiger partial charge in [-0.3, -0.25) is 4.79 Å². The van der Waals surface area contributed by atoms with Gasteiger partial charge in [0.05, 0.1) is 0 Å². The monoisotopic (exact) mass is 171 g/mol. The Morgan fingerprint density at radius 3 is 2.33 bits per heavy atom. The zero-order chi connectivity index (χ0) is 9.35. The van der Waals surface area contributed by atoms with Gasteiger partial charge < -0.3 is 9.64 Å². The highest BCUT2D eigenvalue weighted by Crippen LogP contribution is 2.22. The summed E-state index contributed by atoms with van der Waals surface area (Å²) in [5.41, 5.74) is -0.0651. The number of hydrogen-bond donors (Lipinski definition) is 0. The van der Waals surface area contributed by atoms with Crippen LogP contribution in [0.2, 0.25) is 0 Å². The fourth-order valence-corrected chi connectivity index (χ4v) is 1.54. The van der Waals surface area contributed by atoms with Crippen molar-refractivity contribution in [3.8, 4) is 0 Å². The largest absolute Gasteiger partial charge is 0.372 e. The van der Waals surface area contributed by atoms with Crippen molar-refractivity contribution in [1.29, 1.82) is 0 Å². The van der Waals surface area contributed by atoms with Crippen molar-refractivity contribution in [2.45, 2.75) is 38.8 Å². The lowest BCUT2D eigenvalue weighted by molar-refractivity contribution is -0.139. The maximum absolute atomic E-state index is 11.6. The summed E-state index contributed by atoms with van der Waals surface area (Å²) in [6.07, 6.45) is 0.622. The van der Waals surface area contributed by atoms with E-state index in [2.05, 4.69) is 0 Å². The van der Waals surface area contributed by atoms with Crippen molar-refractivity contribution < 1.29 is 9.53 Å². The number of ether oxygens (including phenoxy) is 1. The molecule has 0 radical (unpaired) electrons. The second-order valence-corrected chi connectivity index (χ2v) is 4.17. The van der Waals surface area contributed by atoms with Gasteiger partial charge in [0, 0.05) is 25.6 Å². The molecule has 1 heterocycles. The summed E-state index contributed by atoms with van der Waals surface area (Å²) in [6.45, 7) is 6.95. The molecule has 1 atom stereocenters. The van der Waals surface area contributed by atoms with Crippen LogP contribution in [0.4, 0.5) is 0 Å². The smallest absolute Gasteiger partial charge is 0.252 e. The second kappa shape index (κ2) is 3.05. The molecule has 1 amide bonds. The molecule has 0 aromatic heterocycles. The first kappa shape index (κ1) is 9.52. The Hall–Kier alpha value is -0.570. The van der Waals surface area contributed by atoms with Crippen LogP contribution < -0.4 is 0 Å². The summed E-state index contributed by atoms with van der Waals surface area (Å²) >= 11 is 0. The van der Waals surface area contributed by atoms with Crippen LogP contribution in [0.25, 0.3) is 0 Å². The molecule has 70 valence electrons. The van der Waals surface area contributed by atoms with Crippen LogP contribution in [0.1, 0.15) is 27.2 Å². The van der Waals surface area contributed by atoms with Gasteiger partial charge >= 0.3 is 0 Å². The Bertz CT molecular complexity index is 183. The highest BCUT2D eigenvalue weighted by molar-refractivity contribution is 5.83. The van der Waals surface area contributed by atoms with Crippen LogP contribution >= 0.6 is 0 Å². The summed E-state index contributed by atoms with van der Waals surface area (Å²) in [5, 5.41) is 0. The Morgan fingerprint density at radius 2 is 2.08 bits per heavy atom. The van der Waals surface area contributed by atoms with Gasteiger partial charge in [-0.25, -0.2) is 0 Å². The maximum atomic E-state index is 11.6. The number of carbonyl (C=O) groups excluding carboxylic acids is 1. The number of likely N-dealkylation sites (tertiary alicyclic amines) is 1. The normalized spacial score (nSPS) is 25.2. The van der Waals surface area contributed by atoms with E-state index in [4.69, 9.17) is 4.74 Å². The second-order valence-electron chi connectivity index (χ2n) is 4.17. The average molecular weight is 171 g/mol. The van der Waals surface area contributed by atoms with E-state index in [0.717, 1.165) is 13.0 Å². The summed E-state index contributed by atoms with van der Waals surface area (Å²) in [4.78, 5) is 13.5. The van der Waals surface area contributed by atoms with Gasteiger partial charge in [0.1, 0.15) is 6.10 Å². The van der Waals surface area contributed by atoms with Crippen LogP contribution in [0.15, 0.2) is 0 Å². The predicted octanol–water partition coefficient (Wildman–Crippen LogP) is 1.03. The van der Waals surface area contributed by atoms with E-state index < -0.39 is 0 Å². The molecule has 1 rings (SSSR count). The first-order valence-corrected chi connectivity index (χ1v) is 4.31. The van der Waals surface area contributed by atoms with Crippen molar-refractivity contribution in [3.05, 3.63) is 0 Å². The number of methoxy groups -OCH3 is 1. The first-order valence-electron chi connectivity index (χ1n) is 4.31. The lowest BCUT2D eigenvalue weighted by atomic mass is 10.1. The molecule has 12 heavy (non-hydrogen) atoms. The van der Waals surface area contributed by atoms with E-state index in [1.165, 1.54) is 0 Å². The van der Waals surface area contributed by atoms with E-state index in [-0.39, 0.29) is 17.6 Å². The third-order valence-electron chi connectivity index (χ3n) is 2.25. The first-order chi connectivity index (χ1) is 5.46. The third kappa shape index (κ3) is 1.61. The lowest BCUT2D eigenvalue weighted by Crippen LogP contribution is -2.44. The van der Waals surface area contributed by atoms with Crippen molar-refractivity contribution in [3.63, 3.8) is 0 Å². The predicted molar refractivity (Wildman–Crippen MR) is 46.9 cm³/mol. The molecule has 1 aliphatic rings. The summed E-state index contributed by atoms with van der Waals surface area (Å²) < 4.78 is 5.06. The zero-order valence-electron chi connectivity index (χ0n) is 8.26. The average Bonchev–Trinajstić information content (AvgIpc) is 2.29. The number of rotatable bonds is 1. The number of nitrogens with zero attached hydrogens (tertiary/aromatic N) is 1. The van der Waals surface area contributed by atoms with Crippen molar-refractivity contribution in [2.75, 3.05) is 13.7 Å². The number of hydrogen-bond acceptors (Lipinski definition) is 2. The Balaban J connectivity index is 2.67. The molecule has 0 unspecified atom stereocenters. The quantitative estimate of drug-likeness (QED) is 0.589. The van der Waals surface area contributed by atoms with E-state index >= 15 is 0 Å². The van der Waals surface area contributed by atoms with Crippen LogP contribution in [-0.4, -0.2) is 36.1 Å². The Morgan fingerprint density at radius 1 is 1.50 bits per heavy atom. The van der Waals surface area contributed by atoms with Gasteiger partial charge in [0.25, 0.3) is 5.91 Å². The van der Waals surface area contributed by atoms with Gasteiger partial charge in [0.2, 0.25) is 0 Å². The molecule has 3 nitrogen and oxygen atoms in total. The summed E-state index contributed by atoms with van der Waals surface area (Å²) in [7, 11) is 1.59. The van der Waals surface area contributed by atoms with Crippen LogP contribution in [0.5, 0.6) is 0 Å². The summed E-state index contributed by atoms with van der Waals surface area (Å²) in [6, 6.07) is 0. The van der Waals surface area contributed by atoms with Gasteiger partial charge in [-0.15, -0.1) is 0 Å². The fourth-order valence-electron chi connectivity index (χ4n) is 1.54. The van der Waals surface area contributed by atoms with E-state index in [9.17, 15) is 4.79 Å². The standard InChI is InChI=1S/C9H17NO2/c1-9(2,3)10-6-5-7(12-4)8(10)11/h7H,5-6H2,1-4H3/t7-/m1/s1. The van der Waals surface area contributed by atoms with Crippen LogP contribution in [0.3, 0.4) is 0 Å². The molecule has 0 saturated carbocycles. The fraction of sp³-hybridized carbons (Fsp3) is 0.889. The minimum atomic E-state index is -0.204. The molecule has 1 saturated heterocycles. The molecule has 0 aromatic carbocycles. The topological polar surface area (TPSA) is 29.5 Å². The molecule has 3 heteroatoms. The van der Waals surface area contributed by atoms with Gasteiger partial charge in [-0.1, -0.05) is 0 Å². The molecule has 0 bridgehead atoms. The minimum Gasteiger partial charge on any atom is -0.372 e. The maximum Gasteiger partial charge on any atom is 0.252 e. The van der Waals surface area contributed by atoms with Gasteiger partial charge in [-0.05, 0) is 20.8 Å². The minimum absolute atomic E-state index is 0.0651. The Labute approximate surface area is 73.7 Å². The van der Waals surface area contributed by atoms with Crippen molar-refractivity contribution >= 4 is 5.91 Å². The molecular weight excluding hydrogens is 154 g/mol. The zero-order valence-corrected chi connectivity index (χ0v) is 8.26. The Kier molecular flexibility index (Phi) is 2.42. The number of amides is 1. The molecule has 0 N–H and O–H groups in total. The molecule has 0 spiro atoms. The highest BCUT2D eigenvalue weighted by Gasteiger charge is 2.37.